The van der Waals surface area contributed by atoms with Crippen LogP contribution in [0.1, 0.15) is 40.0 Å². The molecule has 0 saturated heterocycles. The van der Waals surface area contributed by atoms with E-state index >= 15 is 0 Å². The van der Waals surface area contributed by atoms with Gasteiger partial charge in [0.05, 0.1) is 0 Å². The van der Waals surface area contributed by atoms with Crippen molar-refractivity contribution in [2.75, 3.05) is 6.61 Å². The Labute approximate surface area is 94.2 Å². The van der Waals surface area contributed by atoms with Crippen LogP contribution in [0.4, 0.5) is 13.2 Å². The number of ether oxygens (including phenoxy) is 1. The summed E-state index contributed by atoms with van der Waals surface area (Å²) < 4.78 is 40.8. The average Bonchev–Trinajstić information content (AvgIpc) is 2.11. The minimum absolute atomic E-state index is 0.00154. The second kappa shape index (κ2) is 6.89. The second-order valence-corrected chi connectivity index (χ2v) is 4.06. The lowest BCUT2D eigenvalue weighted by molar-refractivity contribution is -0.140. The average molecular weight is 240 g/mol. The van der Waals surface area contributed by atoms with Crippen molar-refractivity contribution in [1.82, 2.24) is 0 Å². The molecule has 0 amide bonds. The van der Waals surface area contributed by atoms with Crippen LogP contribution in [0.5, 0.6) is 0 Å². The molecule has 0 fully saturated rings. The molecule has 0 aliphatic carbocycles. The van der Waals surface area contributed by atoms with Gasteiger partial charge in [0, 0.05) is 19.4 Å². The molecule has 0 aliphatic heterocycles. The molecule has 1 unspecified atom stereocenters. The van der Waals surface area contributed by atoms with E-state index in [0.29, 0.717) is 6.61 Å². The Morgan fingerprint density at radius 2 is 1.88 bits per heavy atom. The van der Waals surface area contributed by atoms with Gasteiger partial charge in [-0.1, -0.05) is 13.8 Å². The fourth-order valence-corrected chi connectivity index (χ4v) is 1.44. The normalized spacial score (nSPS) is 14.2. The van der Waals surface area contributed by atoms with Gasteiger partial charge in [-0.3, -0.25) is 4.79 Å². The highest BCUT2D eigenvalue weighted by Crippen LogP contribution is 2.23. The van der Waals surface area contributed by atoms with Crippen LogP contribution in [-0.4, -0.2) is 24.7 Å². The second-order valence-electron chi connectivity index (χ2n) is 4.06. The molecule has 5 heteroatoms. The molecule has 0 N–H and O–H groups in total. The zero-order valence-electron chi connectivity index (χ0n) is 9.93. The largest absolute Gasteiger partial charge is 0.389 e. The van der Waals surface area contributed by atoms with E-state index in [0.717, 1.165) is 0 Å². The predicted molar refractivity (Wildman–Crippen MR) is 55.2 cm³/mol. The van der Waals surface area contributed by atoms with Crippen LogP contribution in [-0.2, 0) is 9.53 Å². The maximum absolute atomic E-state index is 11.9. The Kier molecular flexibility index (Phi) is 6.64. The van der Waals surface area contributed by atoms with Gasteiger partial charge in [-0.15, -0.1) is 0 Å². The smallest absolute Gasteiger partial charge is 0.370 e. The summed E-state index contributed by atoms with van der Waals surface area (Å²) in [6.07, 6.45) is -5.88. The van der Waals surface area contributed by atoms with Crippen LogP contribution < -0.4 is 0 Å². The lowest BCUT2D eigenvalue weighted by atomic mass is 9.99. The molecule has 0 spiro atoms. The van der Waals surface area contributed by atoms with E-state index < -0.39 is 18.7 Å². The van der Waals surface area contributed by atoms with E-state index in [9.17, 15) is 18.0 Å². The number of hydrogen-bond donors (Lipinski definition) is 0. The number of carbonyl (C=O) groups is 1. The van der Waals surface area contributed by atoms with Crippen molar-refractivity contribution in [3.8, 4) is 0 Å². The monoisotopic (exact) mass is 240 g/mol. The van der Waals surface area contributed by atoms with Crippen molar-refractivity contribution in [2.24, 2.45) is 5.92 Å². The van der Waals surface area contributed by atoms with Crippen LogP contribution in [0.3, 0.4) is 0 Å². The summed E-state index contributed by atoms with van der Waals surface area (Å²) in [5.74, 6) is -0.237. The Bertz CT molecular complexity index is 212. The third kappa shape index (κ3) is 6.82. The quantitative estimate of drug-likeness (QED) is 0.682. The third-order valence-corrected chi connectivity index (χ3v) is 2.15. The highest BCUT2D eigenvalue weighted by molar-refractivity contribution is 5.83. The molecule has 0 aromatic rings. The first-order valence-electron chi connectivity index (χ1n) is 5.49. The Balaban J connectivity index is 4.02. The number of ketones is 1. The molecule has 0 aromatic carbocycles. The van der Waals surface area contributed by atoms with Gasteiger partial charge in [0.25, 0.3) is 0 Å². The van der Waals surface area contributed by atoms with Crippen molar-refractivity contribution in [1.29, 1.82) is 0 Å². The SMILES string of the molecule is CCOC(C(=O)CCCC(F)(F)F)C(C)C. The number of alkyl halides is 3. The van der Waals surface area contributed by atoms with E-state index in [1.54, 1.807) is 6.92 Å². The maximum atomic E-state index is 11.9. The topological polar surface area (TPSA) is 26.3 Å². The van der Waals surface area contributed by atoms with Gasteiger partial charge in [0.2, 0.25) is 0 Å². The number of rotatable bonds is 7. The van der Waals surface area contributed by atoms with Crippen LogP contribution in [0.25, 0.3) is 0 Å². The molecule has 1 atom stereocenters. The molecular formula is C11H19F3O2. The van der Waals surface area contributed by atoms with Crippen molar-refractivity contribution in [2.45, 2.75) is 52.3 Å². The molecule has 0 aromatic heterocycles. The van der Waals surface area contributed by atoms with Crippen LogP contribution in [0.2, 0.25) is 0 Å². The summed E-state index contributed by atoms with van der Waals surface area (Å²) in [5.41, 5.74) is 0. The number of halogens is 3. The van der Waals surface area contributed by atoms with Gasteiger partial charge in [-0.05, 0) is 19.3 Å². The lowest BCUT2D eigenvalue weighted by Gasteiger charge is -2.19. The van der Waals surface area contributed by atoms with E-state index in [4.69, 9.17) is 4.74 Å². The first-order valence-corrected chi connectivity index (χ1v) is 5.49. The van der Waals surface area contributed by atoms with Gasteiger partial charge in [-0.2, -0.15) is 13.2 Å². The van der Waals surface area contributed by atoms with Crippen molar-refractivity contribution < 1.29 is 22.7 Å². The maximum Gasteiger partial charge on any atom is 0.389 e. The highest BCUT2D eigenvalue weighted by atomic mass is 19.4. The molecule has 96 valence electrons. The predicted octanol–water partition coefficient (Wildman–Crippen LogP) is 3.35. The van der Waals surface area contributed by atoms with Gasteiger partial charge in [-0.25, -0.2) is 0 Å². The standard InChI is InChI=1S/C11H19F3O2/c1-4-16-10(8(2)3)9(15)6-5-7-11(12,13)14/h8,10H,4-7H2,1-3H3. The Hall–Kier alpha value is -0.580. The first-order chi connectivity index (χ1) is 7.28. The molecular weight excluding hydrogens is 221 g/mol. The Morgan fingerprint density at radius 3 is 2.25 bits per heavy atom. The first kappa shape index (κ1) is 15.4. The van der Waals surface area contributed by atoms with Gasteiger partial charge in [0.1, 0.15) is 6.10 Å². The minimum Gasteiger partial charge on any atom is -0.370 e. The highest BCUT2D eigenvalue weighted by Gasteiger charge is 2.28. The molecule has 0 heterocycles. The molecule has 0 bridgehead atoms. The van der Waals surface area contributed by atoms with E-state index in [-0.39, 0.29) is 24.5 Å². The van der Waals surface area contributed by atoms with Crippen molar-refractivity contribution >= 4 is 5.78 Å². The zero-order chi connectivity index (χ0) is 12.8. The minimum atomic E-state index is -4.18. The number of hydrogen-bond acceptors (Lipinski definition) is 2. The third-order valence-electron chi connectivity index (χ3n) is 2.15. The molecule has 0 aliphatic rings. The van der Waals surface area contributed by atoms with Crippen LogP contribution in [0, 0.1) is 5.92 Å². The van der Waals surface area contributed by atoms with Crippen LogP contribution in [0.15, 0.2) is 0 Å². The fraction of sp³-hybridized carbons (Fsp3) is 0.909. The van der Waals surface area contributed by atoms with Crippen molar-refractivity contribution in [3.05, 3.63) is 0 Å². The van der Waals surface area contributed by atoms with Gasteiger partial charge < -0.3 is 4.74 Å². The summed E-state index contributed by atoms with van der Waals surface area (Å²) in [5, 5.41) is 0. The summed E-state index contributed by atoms with van der Waals surface area (Å²) >= 11 is 0. The van der Waals surface area contributed by atoms with Crippen molar-refractivity contribution in [3.63, 3.8) is 0 Å². The number of Topliss-reactive ketones (excluding diaryl/α,β-unsaturated/α-hetero) is 1. The molecule has 0 saturated carbocycles. The van der Waals surface area contributed by atoms with E-state index in [2.05, 4.69) is 0 Å². The molecule has 0 radical (unpaired) electrons. The number of carbonyl (C=O) groups excluding carboxylic acids is 1. The fourth-order valence-electron chi connectivity index (χ4n) is 1.44. The molecule has 16 heavy (non-hydrogen) atoms. The van der Waals surface area contributed by atoms with Gasteiger partial charge in [0.15, 0.2) is 5.78 Å². The summed E-state index contributed by atoms with van der Waals surface area (Å²) in [6, 6.07) is 0. The van der Waals surface area contributed by atoms with E-state index in [1.165, 1.54) is 0 Å². The Morgan fingerprint density at radius 1 is 1.31 bits per heavy atom. The lowest BCUT2D eigenvalue weighted by Crippen LogP contribution is -2.29. The summed E-state index contributed by atoms with van der Waals surface area (Å²) in [4.78, 5) is 11.6. The molecule has 2 nitrogen and oxygen atoms in total. The van der Waals surface area contributed by atoms with Gasteiger partial charge >= 0.3 is 6.18 Å². The summed E-state index contributed by atoms with van der Waals surface area (Å²) in [7, 11) is 0. The van der Waals surface area contributed by atoms with Crippen LogP contribution >= 0.6 is 0 Å². The molecule has 0 rings (SSSR count). The summed E-state index contributed by atoms with van der Waals surface area (Å²) in [6.45, 7) is 5.80. The zero-order valence-corrected chi connectivity index (χ0v) is 9.93. The van der Waals surface area contributed by atoms with E-state index in [1.807, 2.05) is 13.8 Å².